The molecule has 1 N–H and O–H groups in total. The number of ether oxygens (including phenoxy) is 1. The van der Waals surface area contributed by atoms with Crippen molar-refractivity contribution in [2.75, 3.05) is 6.61 Å². The summed E-state index contributed by atoms with van der Waals surface area (Å²) in [6, 6.07) is 2.76. The lowest BCUT2D eigenvalue weighted by Crippen LogP contribution is -2.36. The van der Waals surface area contributed by atoms with Gasteiger partial charge in [-0.1, -0.05) is 13.8 Å². The second-order valence-corrected chi connectivity index (χ2v) is 6.32. The van der Waals surface area contributed by atoms with Crippen LogP contribution in [0.2, 0.25) is 0 Å². The Morgan fingerprint density at radius 1 is 1.29 bits per heavy atom. The van der Waals surface area contributed by atoms with Crippen molar-refractivity contribution < 1.29 is 4.74 Å². The highest BCUT2D eigenvalue weighted by atomic mass is 16.5. The van der Waals surface area contributed by atoms with Crippen molar-refractivity contribution in [2.45, 2.75) is 70.6 Å². The van der Waals surface area contributed by atoms with Gasteiger partial charge in [0, 0.05) is 6.04 Å². The minimum atomic E-state index is -0.113. The van der Waals surface area contributed by atoms with Crippen LogP contribution in [0.5, 0.6) is 0 Å². The van der Waals surface area contributed by atoms with Gasteiger partial charge in [-0.3, -0.25) is 5.32 Å². The lowest BCUT2D eigenvalue weighted by molar-refractivity contribution is -0.000263. The number of nitrogens with zero attached hydrogens (tertiary/aromatic N) is 1. The monoisotopic (exact) mass is 236 g/mol. The highest BCUT2D eigenvalue weighted by Crippen LogP contribution is 2.36. The Morgan fingerprint density at radius 3 is 2.47 bits per heavy atom. The van der Waals surface area contributed by atoms with Crippen LogP contribution >= 0.6 is 0 Å². The van der Waals surface area contributed by atoms with Crippen LogP contribution in [0.1, 0.15) is 52.4 Å². The molecule has 2 aliphatic carbocycles. The molecule has 2 rings (SSSR count). The Balaban J connectivity index is 1.65. The molecule has 0 heterocycles. The molecule has 0 aromatic heterocycles. The molecule has 0 bridgehead atoms. The first-order valence-corrected chi connectivity index (χ1v) is 6.86. The third-order valence-corrected chi connectivity index (χ3v) is 3.95. The van der Waals surface area contributed by atoms with Crippen molar-refractivity contribution in [1.82, 2.24) is 5.32 Å². The average molecular weight is 236 g/mol. The van der Waals surface area contributed by atoms with Gasteiger partial charge in [-0.15, -0.1) is 0 Å². The first-order valence-electron chi connectivity index (χ1n) is 6.86. The van der Waals surface area contributed by atoms with Crippen LogP contribution in [-0.2, 0) is 4.74 Å². The molecule has 17 heavy (non-hydrogen) atoms. The van der Waals surface area contributed by atoms with Crippen molar-refractivity contribution in [3.05, 3.63) is 0 Å². The van der Waals surface area contributed by atoms with E-state index in [-0.39, 0.29) is 6.04 Å². The maximum Gasteiger partial charge on any atom is 0.119 e. The second-order valence-electron chi connectivity index (χ2n) is 6.32. The van der Waals surface area contributed by atoms with E-state index >= 15 is 0 Å². The highest BCUT2D eigenvalue weighted by Gasteiger charge is 2.29. The molecule has 0 amide bonds. The van der Waals surface area contributed by atoms with E-state index in [1.165, 1.54) is 25.7 Å². The number of hydrogen-bond donors (Lipinski definition) is 1. The van der Waals surface area contributed by atoms with Gasteiger partial charge in [0.15, 0.2) is 0 Å². The summed E-state index contributed by atoms with van der Waals surface area (Å²) in [5.74, 6) is 0. The zero-order valence-corrected chi connectivity index (χ0v) is 11.0. The third kappa shape index (κ3) is 4.29. The first-order chi connectivity index (χ1) is 8.09. The summed E-state index contributed by atoms with van der Waals surface area (Å²) in [5.41, 5.74) is 0.487. The normalized spacial score (nSPS) is 26.4. The molecule has 0 radical (unpaired) electrons. The molecule has 2 saturated carbocycles. The van der Waals surface area contributed by atoms with Gasteiger partial charge in [-0.2, -0.15) is 5.26 Å². The van der Waals surface area contributed by atoms with E-state index in [2.05, 4.69) is 25.2 Å². The van der Waals surface area contributed by atoms with Gasteiger partial charge in [0.05, 0.1) is 18.8 Å². The van der Waals surface area contributed by atoms with Gasteiger partial charge in [-0.25, -0.2) is 0 Å². The number of nitrogens with one attached hydrogen (secondary N) is 1. The lowest BCUT2D eigenvalue weighted by Gasteiger charge is -2.34. The topological polar surface area (TPSA) is 45.0 Å². The van der Waals surface area contributed by atoms with Gasteiger partial charge in [-0.05, 0) is 43.9 Å². The summed E-state index contributed by atoms with van der Waals surface area (Å²) in [6.07, 6.45) is 7.59. The van der Waals surface area contributed by atoms with E-state index in [4.69, 9.17) is 10.00 Å². The Hall–Kier alpha value is -0.590. The van der Waals surface area contributed by atoms with E-state index < -0.39 is 0 Å². The lowest BCUT2D eigenvalue weighted by atomic mass is 9.76. The van der Waals surface area contributed by atoms with Crippen molar-refractivity contribution in [3.8, 4) is 6.07 Å². The fraction of sp³-hybridized carbons (Fsp3) is 0.929. The predicted molar refractivity (Wildman–Crippen MR) is 67.5 cm³/mol. The minimum Gasteiger partial charge on any atom is -0.375 e. The molecule has 0 spiro atoms. The Bertz CT molecular complexity index is 281. The van der Waals surface area contributed by atoms with Crippen LogP contribution in [0.15, 0.2) is 0 Å². The van der Waals surface area contributed by atoms with Gasteiger partial charge in [0.1, 0.15) is 6.04 Å². The molecule has 3 heteroatoms. The van der Waals surface area contributed by atoms with Crippen LogP contribution in [0.25, 0.3) is 0 Å². The van der Waals surface area contributed by atoms with Gasteiger partial charge in [0.25, 0.3) is 0 Å². The smallest absolute Gasteiger partial charge is 0.119 e. The second kappa shape index (κ2) is 5.37. The largest absolute Gasteiger partial charge is 0.375 e. The maximum absolute atomic E-state index is 9.02. The summed E-state index contributed by atoms with van der Waals surface area (Å²) >= 11 is 0. The molecule has 0 saturated heterocycles. The molecule has 1 atom stereocenters. The van der Waals surface area contributed by atoms with Crippen LogP contribution in [-0.4, -0.2) is 24.8 Å². The molecule has 1 unspecified atom stereocenters. The molecule has 2 aliphatic rings. The molecular weight excluding hydrogens is 212 g/mol. The predicted octanol–water partition coefficient (Wildman–Crippen LogP) is 2.62. The molecule has 2 fully saturated rings. The van der Waals surface area contributed by atoms with Crippen molar-refractivity contribution >= 4 is 0 Å². The van der Waals surface area contributed by atoms with Gasteiger partial charge < -0.3 is 4.74 Å². The molecule has 96 valence electrons. The third-order valence-electron chi connectivity index (χ3n) is 3.95. The molecular formula is C14H24N2O. The fourth-order valence-corrected chi connectivity index (χ4v) is 2.43. The molecule has 0 aromatic carbocycles. The zero-order valence-electron chi connectivity index (χ0n) is 11.0. The standard InChI is InChI=1S/C14H24N2O/c1-14(2)7-5-13(6-8-14)17-10-12(9-15)16-11-3-4-11/h11-13,16H,3-8,10H2,1-2H3. The van der Waals surface area contributed by atoms with E-state index in [9.17, 15) is 0 Å². The van der Waals surface area contributed by atoms with Crippen LogP contribution < -0.4 is 5.32 Å². The zero-order chi connectivity index (χ0) is 12.3. The number of rotatable bonds is 5. The SMILES string of the molecule is CC1(C)CCC(OCC(C#N)NC2CC2)CC1. The summed E-state index contributed by atoms with van der Waals surface area (Å²) in [5, 5.41) is 12.3. The van der Waals surface area contributed by atoms with E-state index in [1.54, 1.807) is 0 Å². The quantitative estimate of drug-likeness (QED) is 0.798. The molecule has 0 aliphatic heterocycles. The van der Waals surface area contributed by atoms with Crippen LogP contribution in [0.4, 0.5) is 0 Å². The molecule has 3 nitrogen and oxygen atoms in total. The van der Waals surface area contributed by atoms with Crippen molar-refractivity contribution in [3.63, 3.8) is 0 Å². The van der Waals surface area contributed by atoms with Crippen LogP contribution in [0.3, 0.4) is 0 Å². The summed E-state index contributed by atoms with van der Waals surface area (Å²) in [7, 11) is 0. The number of hydrogen-bond acceptors (Lipinski definition) is 3. The van der Waals surface area contributed by atoms with Crippen molar-refractivity contribution in [2.24, 2.45) is 5.41 Å². The highest BCUT2D eigenvalue weighted by molar-refractivity contribution is 4.96. The Morgan fingerprint density at radius 2 is 1.94 bits per heavy atom. The summed E-state index contributed by atoms with van der Waals surface area (Å²) in [6.45, 7) is 5.21. The first kappa shape index (κ1) is 12.9. The average Bonchev–Trinajstić information content (AvgIpc) is 3.09. The van der Waals surface area contributed by atoms with E-state index in [0.29, 0.717) is 24.2 Å². The van der Waals surface area contributed by atoms with Gasteiger partial charge in [0.2, 0.25) is 0 Å². The number of nitriles is 1. The van der Waals surface area contributed by atoms with E-state index in [0.717, 1.165) is 12.8 Å². The van der Waals surface area contributed by atoms with E-state index in [1.807, 2.05) is 0 Å². The summed E-state index contributed by atoms with van der Waals surface area (Å²) in [4.78, 5) is 0. The summed E-state index contributed by atoms with van der Waals surface area (Å²) < 4.78 is 5.87. The Kier molecular flexibility index (Phi) is 4.06. The van der Waals surface area contributed by atoms with Crippen LogP contribution in [0, 0.1) is 16.7 Å². The van der Waals surface area contributed by atoms with Crippen molar-refractivity contribution in [1.29, 1.82) is 5.26 Å². The molecule has 0 aromatic rings. The Labute approximate surface area is 105 Å². The fourth-order valence-electron chi connectivity index (χ4n) is 2.43. The maximum atomic E-state index is 9.02. The van der Waals surface area contributed by atoms with Gasteiger partial charge >= 0.3 is 0 Å². The minimum absolute atomic E-state index is 0.113.